The minimum absolute atomic E-state index is 0.166. The van der Waals surface area contributed by atoms with Crippen molar-refractivity contribution in [3.8, 4) is 0 Å². The molecular formula is C22H28ClN3O3S. The van der Waals surface area contributed by atoms with Crippen molar-refractivity contribution in [2.75, 3.05) is 30.9 Å². The van der Waals surface area contributed by atoms with Crippen LogP contribution in [0.4, 0.5) is 5.69 Å². The average Bonchev–Trinajstić information content (AvgIpc) is 2.72. The molecule has 8 heteroatoms. The summed E-state index contributed by atoms with van der Waals surface area (Å²) in [6, 6.07) is 11.1. The minimum atomic E-state index is -3.72. The monoisotopic (exact) mass is 449 g/mol. The van der Waals surface area contributed by atoms with Gasteiger partial charge in [0.2, 0.25) is 0 Å². The predicted octanol–water partition coefficient (Wildman–Crippen LogP) is 4.06. The number of aryl methyl sites for hydroxylation is 1. The van der Waals surface area contributed by atoms with Gasteiger partial charge in [-0.05, 0) is 76.2 Å². The summed E-state index contributed by atoms with van der Waals surface area (Å²) in [5.41, 5.74) is 1.61. The first kappa shape index (κ1) is 22.6. The molecule has 1 aliphatic rings. The highest BCUT2D eigenvalue weighted by molar-refractivity contribution is 7.92. The van der Waals surface area contributed by atoms with Gasteiger partial charge in [-0.3, -0.25) is 9.52 Å². The van der Waals surface area contributed by atoms with Crippen LogP contribution in [0.1, 0.15) is 41.6 Å². The summed E-state index contributed by atoms with van der Waals surface area (Å²) in [7, 11) is -3.72. The first-order valence-electron chi connectivity index (χ1n) is 10.2. The second kappa shape index (κ2) is 10.3. The van der Waals surface area contributed by atoms with Gasteiger partial charge in [-0.25, -0.2) is 8.42 Å². The molecule has 6 nitrogen and oxygen atoms in total. The summed E-state index contributed by atoms with van der Waals surface area (Å²) in [6.07, 6.45) is 4.70. The molecule has 0 aliphatic carbocycles. The molecule has 0 atom stereocenters. The van der Waals surface area contributed by atoms with Crippen molar-refractivity contribution < 1.29 is 13.2 Å². The Balaban J connectivity index is 1.55. The van der Waals surface area contributed by atoms with Crippen LogP contribution in [0.2, 0.25) is 5.02 Å². The number of likely N-dealkylation sites (tertiary alicyclic amines) is 1. The topological polar surface area (TPSA) is 78.5 Å². The van der Waals surface area contributed by atoms with E-state index < -0.39 is 10.0 Å². The van der Waals surface area contributed by atoms with Crippen LogP contribution in [0.3, 0.4) is 0 Å². The Morgan fingerprint density at radius 1 is 1.07 bits per heavy atom. The Kier molecular flexibility index (Phi) is 7.75. The number of piperidine rings is 1. The number of hydrogen-bond acceptors (Lipinski definition) is 4. The van der Waals surface area contributed by atoms with Crippen molar-refractivity contribution >= 4 is 33.2 Å². The van der Waals surface area contributed by atoms with Crippen LogP contribution in [0.25, 0.3) is 0 Å². The molecule has 2 aromatic carbocycles. The molecular weight excluding hydrogens is 422 g/mol. The third kappa shape index (κ3) is 6.20. The van der Waals surface area contributed by atoms with Gasteiger partial charge in [0, 0.05) is 6.54 Å². The van der Waals surface area contributed by atoms with Crippen LogP contribution in [0.5, 0.6) is 0 Å². The Morgan fingerprint density at radius 2 is 1.77 bits per heavy atom. The number of amides is 1. The van der Waals surface area contributed by atoms with Gasteiger partial charge in [-0.15, -0.1) is 0 Å². The first-order valence-corrected chi connectivity index (χ1v) is 12.1. The zero-order valence-corrected chi connectivity index (χ0v) is 18.7. The lowest BCUT2D eigenvalue weighted by molar-refractivity contribution is 0.0951. The maximum atomic E-state index is 12.5. The van der Waals surface area contributed by atoms with Gasteiger partial charge in [-0.1, -0.05) is 35.7 Å². The summed E-state index contributed by atoms with van der Waals surface area (Å²) >= 11 is 6.25. The highest BCUT2D eigenvalue weighted by Crippen LogP contribution is 2.23. The second-order valence-corrected chi connectivity index (χ2v) is 9.71. The normalized spacial score (nSPS) is 15.0. The number of carbonyl (C=O) groups is 1. The summed E-state index contributed by atoms with van der Waals surface area (Å²) < 4.78 is 27.5. The van der Waals surface area contributed by atoms with Crippen molar-refractivity contribution in [2.45, 2.75) is 37.5 Å². The van der Waals surface area contributed by atoms with Crippen molar-refractivity contribution in [2.24, 2.45) is 0 Å². The standard InChI is InChI=1S/C22H28ClN3O3S/c1-17-6-9-19(10-7-17)30(28,29)25-18-8-11-20(21(23)16-18)22(27)24-12-5-15-26-13-3-2-4-14-26/h6-11,16,25H,2-5,12-15H2,1H3,(H,24,27). The fourth-order valence-electron chi connectivity index (χ4n) is 3.48. The van der Waals surface area contributed by atoms with Crippen LogP contribution >= 0.6 is 11.6 Å². The average molecular weight is 450 g/mol. The lowest BCUT2D eigenvalue weighted by Crippen LogP contribution is -2.33. The molecule has 1 saturated heterocycles. The van der Waals surface area contributed by atoms with E-state index in [2.05, 4.69) is 14.9 Å². The third-order valence-electron chi connectivity index (χ3n) is 5.18. The van der Waals surface area contributed by atoms with E-state index in [1.54, 1.807) is 30.3 Å². The number of halogens is 1. The molecule has 0 radical (unpaired) electrons. The largest absolute Gasteiger partial charge is 0.352 e. The Labute approximate surface area is 183 Å². The van der Waals surface area contributed by atoms with E-state index in [0.717, 1.165) is 31.6 Å². The molecule has 30 heavy (non-hydrogen) atoms. The molecule has 0 aromatic heterocycles. The van der Waals surface area contributed by atoms with Crippen molar-refractivity contribution in [1.29, 1.82) is 0 Å². The SMILES string of the molecule is Cc1ccc(S(=O)(=O)Nc2ccc(C(=O)NCCCN3CCCCC3)c(Cl)c2)cc1. The molecule has 0 unspecified atom stereocenters. The van der Waals surface area contributed by atoms with Gasteiger partial charge in [0.05, 0.1) is 21.2 Å². The first-order chi connectivity index (χ1) is 14.3. The van der Waals surface area contributed by atoms with Gasteiger partial charge < -0.3 is 10.2 Å². The molecule has 0 spiro atoms. The molecule has 2 N–H and O–H groups in total. The summed E-state index contributed by atoms with van der Waals surface area (Å²) in [6.45, 7) is 5.72. The molecule has 1 fully saturated rings. The van der Waals surface area contributed by atoms with E-state index in [9.17, 15) is 13.2 Å². The van der Waals surface area contributed by atoms with E-state index in [1.165, 1.54) is 31.4 Å². The Morgan fingerprint density at radius 3 is 2.43 bits per heavy atom. The van der Waals surface area contributed by atoms with Crippen LogP contribution in [0.15, 0.2) is 47.4 Å². The number of sulfonamides is 1. The lowest BCUT2D eigenvalue weighted by Gasteiger charge is -2.26. The van der Waals surface area contributed by atoms with Crippen LogP contribution in [-0.4, -0.2) is 45.4 Å². The highest BCUT2D eigenvalue weighted by atomic mass is 35.5. The minimum Gasteiger partial charge on any atom is -0.352 e. The highest BCUT2D eigenvalue weighted by Gasteiger charge is 2.16. The molecule has 1 aliphatic heterocycles. The van der Waals surface area contributed by atoms with Gasteiger partial charge in [0.1, 0.15) is 0 Å². The van der Waals surface area contributed by atoms with Crippen molar-refractivity contribution in [3.63, 3.8) is 0 Å². The smallest absolute Gasteiger partial charge is 0.261 e. The van der Waals surface area contributed by atoms with Crippen molar-refractivity contribution in [1.82, 2.24) is 10.2 Å². The van der Waals surface area contributed by atoms with Gasteiger partial charge in [0.25, 0.3) is 15.9 Å². The molecule has 2 aromatic rings. The van der Waals surface area contributed by atoms with E-state index in [1.807, 2.05) is 6.92 Å². The van der Waals surface area contributed by atoms with Gasteiger partial charge >= 0.3 is 0 Å². The Hall–Kier alpha value is -2.09. The van der Waals surface area contributed by atoms with E-state index in [-0.39, 0.29) is 15.8 Å². The fraction of sp³-hybridized carbons (Fsp3) is 0.409. The van der Waals surface area contributed by atoms with Gasteiger partial charge in [-0.2, -0.15) is 0 Å². The maximum Gasteiger partial charge on any atom is 0.261 e. The second-order valence-electron chi connectivity index (χ2n) is 7.62. The molecule has 1 heterocycles. The molecule has 1 amide bonds. The van der Waals surface area contributed by atoms with Crippen molar-refractivity contribution in [3.05, 3.63) is 58.6 Å². The van der Waals surface area contributed by atoms with Crippen LogP contribution in [0, 0.1) is 6.92 Å². The lowest BCUT2D eigenvalue weighted by atomic mass is 10.1. The Bertz CT molecular complexity index is 972. The van der Waals surface area contributed by atoms with E-state index in [0.29, 0.717) is 17.8 Å². The third-order valence-corrected chi connectivity index (χ3v) is 6.89. The predicted molar refractivity (Wildman–Crippen MR) is 121 cm³/mol. The van der Waals surface area contributed by atoms with Gasteiger partial charge in [0.15, 0.2) is 0 Å². The number of benzene rings is 2. The number of rotatable bonds is 8. The summed E-state index contributed by atoms with van der Waals surface area (Å²) in [5, 5.41) is 3.09. The number of carbonyl (C=O) groups excluding carboxylic acids is 1. The summed E-state index contributed by atoms with van der Waals surface area (Å²) in [5.74, 6) is -0.258. The summed E-state index contributed by atoms with van der Waals surface area (Å²) in [4.78, 5) is 15.0. The van der Waals surface area contributed by atoms with Crippen LogP contribution in [-0.2, 0) is 10.0 Å². The molecule has 0 bridgehead atoms. The quantitative estimate of drug-likeness (QED) is 0.596. The molecule has 0 saturated carbocycles. The van der Waals surface area contributed by atoms with E-state index in [4.69, 9.17) is 11.6 Å². The number of hydrogen-bond donors (Lipinski definition) is 2. The van der Waals surface area contributed by atoms with E-state index >= 15 is 0 Å². The maximum absolute atomic E-state index is 12.5. The zero-order valence-electron chi connectivity index (χ0n) is 17.2. The number of anilines is 1. The molecule has 162 valence electrons. The number of nitrogens with zero attached hydrogens (tertiary/aromatic N) is 1. The zero-order chi connectivity index (χ0) is 21.6. The molecule has 3 rings (SSSR count). The fourth-order valence-corrected chi connectivity index (χ4v) is 4.79. The van der Waals surface area contributed by atoms with Crippen LogP contribution < -0.4 is 10.0 Å². The number of nitrogens with one attached hydrogen (secondary N) is 2.